The second kappa shape index (κ2) is 12.9. The molecule has 0 radical (unpaired) electrons. The Morgan fingerprint density at radius 3 is 2.21 bits per heavy atom. The van der Waals surface area contributed by atoms with Crippen molar-refractivity contribution >= 4 is 17.6 Å². The third-order valence-corrected chi connectivity index (χ3v) is 6.85. The maximum Gasteiger partial charge on any atom is 0.322 e. The van der Waals surface area contributed by atoms with Gasteiger partial charge in [-0.3, -0.25) is 4.79 Å². The maximum absolute atomic E-state index is 13.5. The summed E-state index contributed by atoms with van der Waals surface area (Å²) in [5.74, 6) is 2.26. The van der Waals surface area contributed by atoms with Gasteiger partial charge in [-0.15, -0.1) is 0 Å². The number of hydrogen-bond acceptors (Lipinski definition) is 6. The van der Waals surface area contributed by atoms with Crippen LogP contribution in [0.5, 0.6) is 23.0 Å². The highest BCUT2D eigenvalue weighted by molar-refractivity contribution is 5.93. The molecule has 0 spiro atoms. The number of ether oxygens (including phenoxy) is 4. The summed E-state index contributed by atoms with van der Waals surface area (Å²) in [5, 5.41) is 2.91. The lowest BCUT2D eigenvalue weighted by Gasteiger charge is -2.32. The van der Waals surface area contributed by atoms with Crippen molar-refractivity contribution in [2.24, 2.45) is 0 Å². The van der Waals surface area contributed by atoms with E-state index in [1.165, 1.54) is 7.11 Å². The highest BCUT2D eigenvalue weighted by Crippen LogP contribution is 2.33. The molecule has 0 atom stereocenters. The van der Waals surface area contributed by atoms with Crippen LogP contribution in [0, 0.1) is 0 Å². The molecular weight excluding hydrogens is 498 g/mol. The van der Waals surface area contributed by atoms with Gasteiger partial charge in [0, 0.05) is 25.7 Å². The summed E-state index contributed by atoms with van der Waals surface area (Å²) >= 11 is 0. The quantitative estimate of drug-likeness (QED) is 0.416. The monoisotopic (exact) mass is 533 g/mol. The van der Waals surface area contributed by atoms with Crippen molar-refractivity contribution in [3.8, 4) is 23.0 Å². The summed E-state index contributed by atoms with van der Waals surface area (Å²) in [6.45, 7) is 1.31. The van der Waals surface area contributed by atoms with E-state index in [1.54, 1.807) is 49.3 Å². The summed E-state index contributed by atoms with van der Waals surface area (Å²) in [5.41, 5.74) is 3.71. The number of amides is 3. The van der Waals surface area contributed by atoms with Gasteiger partial charge in [0.25, 0.3) is 0 Å². The number of anilines is 1. The van der Waals surface area contributed by atoms with Gasteiger partial charge in [0.1, 0.15) is 18.0 Å². The van der Waals surface area contributed by atoms with E-state index >= 15 is 0 Å². The van der Waals surface area contributed by atoms with Crippen LogP contribution in [0.1, 0.15) is 16.7 Å². The molecule has 0 bridgehead atoms. The Morgan fingerprint density at radius 1 is 0.846 bits per heavy atom. The molecule has 1 aliphatic rings. The Balaban J connectivity index is 1.50. The predicted molar refractivity (Wildman–Crippen MR) is 149 cm³/mol. The van der Waals surface area contributed by atoms with Crippen molar-refractivity contribution in [2.45, 2.75) is 19.4 Å². The van der Waals surface area contributed by atoms with E-state index < -0.39 is 0 Å². The molecule has 0 saturated heterocycles. The number of nitrogens with one attached hydrogen (secondary N) is 1. The number of rotatable bonds is 10. The van der Waals surface area contributed by atoms with E-state index in [1.807, 2.05) is 42.5 Å². The van der Waals surface area contributed by atoms with Crippen molar-refractivity contribution in [3.63, 3.8) is 0 Å². The van der Waals surface area contributed by atoms with E-state index in [2.05, 4.69) is 5.32 Å². The Bertz CT molecular complexity index is 1300. The molecule has 0 aliphatic carbocycles. The van der Waals surface area contributed by atoms with Crippen molar-refractivity contribution in [1.82, 2.24) is 9.80 Å². The predicted octanol–water partition coefficient (Wildman–Crippen LogP) is 4.38. The molecule has 1 N–H and O–H groups in total. The fraction of sp³-hybridized carbons (Fsp3) is 0.333. The molecule has 3 aromatic carbocycles. The first-order valence-corrected chi connectivity index (χ1v) is 12.8. The van der Waals surface area contributed by atoms with Crippen LogP contribution in [0.25, 0.3) is 0 Å². The second-order valence-corrected chi connectivity index (χ2v) is 9.19. The highest BCUT2D eigenvalue weighted by Gasteiger charge is 2.26. The fourth-order valence-electron chi connectivity index (χ4n) is 4.62. The zero-order valence-electron chi connectivity index (χ0n) is 22.9. The number of benzene rings is 3. The lowest BCUT2D eigenvalue weighted by atomic mass is 9.98. The Hall–Kier alpha value is -4.40. The van der Waals surface area contributed by atoms with E-state index in [-0.39, 0.29) is 18.5 Å². The topological polar surface area (TPSA) is 89.6 Å². The molecule has 0 unspecified atom stereocenters. The number of nitrogens with zero attached hydrogens (tertiary/aromatic N) is 2. The zero-order chi connectivity index (χ0) is 27.8. The lowest BCUT2D eigenvalue weighted by molar-refractivity contribution is -0.132. The van der Waals surface area contributed by atoms with Crippen LogP contribution in [0.15, 0.2) is 60.7 Å². The van der Waals surface area contributed by atoms with Gasteiger partial charge >= 0.3 is 6.03 Å². The van der Waals surface area contributed by atoms with Gasteiger partial charge in [-0.05, 0) is 53.8 Å². The summed E-state index contributed by atoms with van der Waals surface area (Å²) in [7, 11) is 6.30. The molecule has 0 fully saturated rings. The molecule has 3 aromatic rings. The van der Waals surface area contributed by atoms with Crippen LogP contribution in [-0.2, 0) is 24.2 Å². The van der Waals surface area contributed by atoms with E-state index in [0.717, 1.165) is 16.7 Å². The summed E-state index contributed by atoms with van der Waals surface area (Å²) in [6.07, 6.45) is 1.31. The van der Waals surface area contributed by atoms with Gasteiger partial charge < -0.3 is 34.1 Å². The van der Waals surface area contributed by atoms with Gasteiger partial charge in [0.05, 0.1) is 34.1 Å². The van der Waals surface area contributed by atoms with Gasteiger partial charge in [-0.2, -0.15) is 0 Å². The first-order valence-electron chi connectivity index (χ1n) is 12.8. The third kappa shape index (κ3) is 6.73. The van der Waals surface area contributed by atoms with Gasteiger partial charge in [0.15, 0.2) is 11.5 Å². The molecule has 0 saturated carbocycles. The highest BCUT2D eigenvalue weighted by atomic mass is 16.5. The van der Waals surface area contributed by atoms with Crippen LogP contribution in [0.4, 0.5) is 10.5 Å². The largest absolute Gasteiger partial charge is 0.497 e. The number of hydrogen-bond donors (Lipinski definition) is 1. The molecule has 0 aromatic heterocycles. The summed E-state index contributed by atoms with van der Waals surface area (Å²) in [6, 6.07) is 18.6. The Kier molecular flexibility index (Phi) is 9.14. The number of fused-ring (bicyclic) bond motifs is 1. The average molecular weight is 534 g/mol. The van der Waals surface area contributed by atoms with E-state index in [4.69, 9.17) is 18.9 Å². The molecule has 9 heteroatoms. The van der Waals surface area contributed by atoms with Crippen LogP contribution >= 0.6 is 0 Å². The smallest absolute Gasteiger partial charge is 0.322 e. The molecule has 39 heavy (non-hydrogen) atoms. The van der Waals surface area contributed by atoms with Gasteiger partial charge in [0.2, 0.25) is 5.91 Å². The molecule has 9 nitrogen and oxygen atoms in total. The second-order valence-electron chi connectivity index (χ2n) is 9.19. The number of methoxy groups -OCH3 is 4. The summed E-state index contributed by atoms with van der Waals surface area (Å²) < 4.78 is 21.6. The zero-order valence-corrected chi connectivity index (χ0v) is 22.9. The molecule has 3 amide bonds. The van der Waals surface area contributed by atoms with Gasteiger partial charge in [-0.25, -0.2) is 4.79 Å². The first-order chi connectivity index (χ1) is 18.9. The maximum atomic E-state index is 13.5. The fourth-order valence-corrected chi connectivity index (χ4v) is 4.62. The number of urea groups is 1. The van der Waals surface area contributed by atoms with Crippen LogP contribution in [0.2, 0.25) is 0 Å². The van der Waals surface area contributed by atoms with E-state index in [0.29, 0.717) is 61.2 Å². The van der Waals surface area contributed by atoms with Crippen LogP contribution in [0.3, 0.4) is 0 Å². The van der Waals surface area contributed by atoms with Crippen molar-refractivity contribution < 1.29 is 28.5 Å². The Labute approximate surface area is 229 Å². The minimum absolute atomic E-state index is 0.0558. The van der Waals surface area contributed by atoms with Crippen LogP contribution in [-0.4, -0.2) is 69.8 Å². The van der Waals surface area contributed by atoms with Gasteiger partial charge in [-0.1, -0.05) is 30.3 Å². The summed E-state index contributed by atoms with van der Waals surface area (Å²) in [4.78, 5) is 30.3. The molecule has 1 aliphatic heterocycles. The SMILES string of the molecule is COc1ccc(NC(=O)N(CCc2ccccc2)CC(=O)N2CCc3cc(OC)c(OC)cc3C2)c(OC)c1. The lowest BCUT2D eigenvalue weighted by Crippen LogP contribution is -2.46. The van der Waals surface area contributed by atoms with Crippen molar-refractivity contribution in [2.75, 3.05) is 53.4 Å². The van der Waals surface area contributed by atoms with Crippen molar-refractivity contribution in [3.05, 3.63) is 77.4 Å². The third-order valence-electron chi connectivity index (χ3n) is 6.85. The first kappa shape index (κ1) is 27.6. The standard InChI is InChI=1S/C30H35N3O6/c1-36-24-10-11-25(26(18-24)37-2)31-30(35)33(14-12-21-8-6-5-7-9-21)20-29(34)32-15-13-22-16-27(38-3)28(39-4)17-23(22)19-32/h5-11,16-18H,12-15,19-20H2,1-4H3,(H,31,35). The molecule has 1 heterocycles. The molecule has 4 rings (SSSR count). The minimum Gasteiger partial charge on any atom is -0.497 e. The number of carbonyl (C=O) groups excluding carboxylic acids is 2. The van der Waals surface area contributed by atoms with Crippen molar-refractivity contribution in [1.29, 1.82) is 0 Å². The van der Waals surface area contributed by atoms with E-state index in [9.17, 15) is 9.59 Å². The Morgan fingerprint density at radius 2 is 1.54 bits per heavy atom. The number of carbonyl (C=O) groups is 2. The normalized spacial score (nSPS) is 12.3. The molecular formula is C30H35N3O6. The minimum atomic E-state index is -0.383. The molecule has 206 valence electrons. The van der Waals surface area contributed by atoms with Crippen LogP contribution < -0.4 is 24.3 Å². The average Bonchev–Trinajstić information content (AvgIpc) is 2.98.